The van der Waals surface area contributed by atoms with Crippen LogP contribution in [0.3, 0.4) is 0 Å². The van der Waals surface area contributed by atoms with Crippen molar-refractivity contribution >= 4 is 22.7 Å². The Morgan fingerprint density at radius 3 is 2.41 bits per heavy atom. The van der Waals surface area contributed by atoms with Gasteiger partial charge in [0.05, 0.1) is 5.52 Å². The van der Waals surface area contributed by atoms with Gasteiger partial charge in [0.15, 0.2) is 0 Å². The molecule has 0 radical (unpaired) electrons. The molecule has 2 aromatic carbocycles. The van der Waals surface area contributed by atoms with Gasteiger partial charge in [-0.05, 0) is 87.6 Å². The number of phenols is 1. The van der Waals surface area contributed by atoms with Crippen LogP contribution in [-0.4, -0.2) is 33.2 Å². The topological polar surface area (TPSA) is 109 Å². The summed E-state index contributed by atoms with van der Waals surface area (Å²) >= 11 is 0. The molecule has 32 heavy (non-hydrogen) atoms. The second-order valence-corrected chi connectivity index (χ2v) is 9.14. The molecule has 0 saturated carbocycles. The zero-order valence-corrected chi connectivity index (χ0v) is 19.3. The summed E-state index contributed by atoms with van der Waals surface area (Å²) in [5.74, 6) is 0.0126. The Morgan fingerprint density at radius 2 is 1.78 bits per heavy atom. The first-order valence-electron chi connectivity index (χ1n) is 10.6. The highest BCUT2D eigenvalue weighted by Crippen LogP contribution is 2.26. The summed E-state index contributed by atoms with van der Waals surface area (Å²) in [6, 6.07) is 10.3. The summed E-state index contributed by atoms with van der Waals surface area (Å²) in [6.45, 7) is 10.3. The molecule has 3 aromatic rings. The van der Waals surface area contributed by atoms with E-state index in [0.29, 0.717) is 30.7 Å². The van der Waals surface area contributed by atoms with Crippen molar-refractivity contribution in [3.8, 4) is 5.75 Å². The normalized spacial score (nSPS) is 11.5. The number of nitrogens with two attached hydrogens (primary N) is 1. The summed E-state index contributed by atoms with van der Waals surface area (Å²) in [5, 5.41) is 10.9. The van der Waals surface area contributed by atoms with Crippen molar-refractivity contribution in [2.24, 2.45) is 0 Å². The average Bonchev–Trinajstić information content (AvgIpc) is 2.67. The first-order chi connectivity index (χ1) is 14.9. The molecule has 0 aliphatic rings. The van der Waals surface area contributed by atoms with Crippen molar-refractivity contribution in [1.82, 2.24) is 9.88 Å². The van der Waals surface area contributed by atoms with Crippen molar-refractivity contribution in [2.45, 2.75) is 53.2 Å². The number of aromatic hydroxyl groups is 1. The van der Waals surface area contributed by atoms with Crippen LogP contribution in [0.5, 0.6) is 5.75 Å². The average molecular weight is 438 g/mol. The van der Waals surface area contributed by atoms with E-state index in [-0.39, 0.29) is 11.3 Å². The van der Waals surface area contributed by atoms with Gasteiger partial charge in [0.25, 0.3) is 0 Å². The number of fused-ring (bicyclic) bond motifs is 1. The molecule has 3 rings (SSSR count). The van der Waals surface area contributed by atoms with Gasteiger partial charge in [0.2, 0.25) is 5.56 Å². The number of benzene rings is 2. The highest BCUT2D eigenvalue weighted by atomic mass is 16.6. The molecule has 0 saturated heterocycles. The van der Waals surface area contributed by atoms with E-state index in [4.69, 9.17) is 10.5 Å². The number of aromatic amines is 1. The molecule has 1 aromatic heterocycles. The smallest absolute Gasteiger partial charge is 0.410 e. The number of nitrogen functional groups attached to an aromatic ring is 1. The lowest BCUT2D eigenvalue weighted by molar-refractivity contribution is 0.0235. The SMILES string of the molecule is Cc1cc(N)cc(C)c1CN(CCc1ccc(O)c2[nH]c(=O)ccc12)C(=O)OC(C)(C)C. The van der Waals surface area contributed by atoms with E-state index in [2.05, 4.69) is 4.98 Å². The van der Waals surface area contributed by atoms with Gasteiger partial charge < -0.3 is 25.5 Å². The van der Waals surface area contributed by atoms with Gasteiger partial charge in [-0.1, -0.05) is 6.07 Å². The molecule has 7 heteroatoms. The fourth-order valence-electron chi connectivity index (χ4n) is 3.80. The van der Waals surface area contributed by atoms with E-state index in [1.54, 1.807) is 17.0 Å². The first-order valence-corrected chi connectivity index (χ1v) is 10.6. The maximum Gasteiger partial charge on any atom is 0.410 e. The number of hydrogen-bond donors (Lipinski definition) is 3. The summed E-state index contributed by atoms with van der Waals surface area (Å²) < 4.78 is 5.66. The fourth-order valence-corrected chi connectivity index (χ4v) is 3.80. The molecule has 0 unspecified atom stereocenters. The quantitative estimate of drug-likeness (QED) is 0.512. The standard InChI is InChI=1S/C25H31N3O4/c1-15-12-18(26)13-16(2)20(15)14-28(24(31)32-25(3,4)5)11-10-17-6-8-21(29)23-19(17)7-9-22(30)27-23/h6-9,12-13,29H,10-11,14,26H2,1-5H3,(H,27,30). The lowest BCUT2D eigenvalue weighted by atomic mass is 10.0. The Labute approximate surface area is 187 Å². The Bertz CT molecular complexity index is 1190. The van der Waals surface area contributed by atoms with Crippen LogP contribution in [0.4, 0.5) is 10.5 Å². The third-order valence-corrected chi connectivity index (χ3v) is 5.33. The molecule has 1 heterocycles. The number of pyridine rings is 1. The third kappa shape index (κ3) is 5.41. The van der Waals surface area contributed by atoms with E-state index >= 15 is 0 Å². The van der Waals surface area contributed by atoms with Gasteiger partial charge >= 0.3 is 6.09 Å². The number of carbonyl (C=O) groups excluding carboxylic acids is 1. The number of H-pyrrole nitrogens is 1. The predicted molar refractivity (Wildman–Crippen MR) is 127 cm³/mol. The number of ether oxygens (including phenoxy) is 1. The second kappa shape index (κ2) is 8.94. The first kappa shape index (κ1) is 23.2. The minimum Gasteiger partial charge on any atom is -0.506 e. The van der Waals surface area contributed by atoms with Gasteiger partial charge in [-0.2, -0.15) is 0 Å². The molecule has 0 spiro atoms. The van der Waals surface area contributed by atoms with Crippen LogP contribution >= 0.6 is 0 Å². The van der Waals surface area contributed by atoms with Gasteiger partial charge in [-0.25, -0.2) is 4.79 Å². The van der Waals surface area contributed by atoms with Crippen LogP contribution in [0.1, 0.15) is 43.0 Å². The number of amides is 1. The number of nitrogens with one attached hydrogen (secondary N) is 1. The van der Waals surface area contributed by atoms with Crippen molar-refractivity contribution in [1.29, 1.82) is 0 Å². The van der Waals surface area contributed by atoms with E-state index in [9.17, 15) is 14.7 Å². The molecule has 1 amide bonds. The monoisotopic (exact) mass is 437 g/mol. The van der Waals surface area contributed by atoms with Crippen LogP contribution in [-0.2, 0) is 17.7 Å². The maximum absolute atomic E-state index is 13.0. The highest BCUT2D eigenvalue weighted by Gasteiger charge is 2.23. The molecule has 0 fully saturated rings. The zero-order valence-electron chi connectivity index (χ0n) is 19.3. The maximum atomic E-state index is 13.0. The molecular formula is C25H31N3O4. The highest BCUT2D eigenvalue weighted by molar-refractivity contribution is 5.87. The van der Waals surface area contributed by atoms with Gasteiger partial charge in [0, 0.05) is 30.2 Å². The molecule has 0 aliphatic carbocycles. The molecule has 0 atom stereocenters. The number of aromatic nitrogens is 1. The lowest BCUT2D eigenvalue weighted by Crippen LogP contribution is -2.38. The van der Waals surface area contributed by atoms with Crippen molar-refractivity contribution < 1.29 is 14.6 Å². The molecule has 7 nitrogen and oxygen atoms in total. The minimum absolute atomic E-state index is 0.0126. The molecule has 0 aliphatic heterocycles. The van der Waals surface area contributed by atoms with Crippen LogP contribution in [0.15, 0.2) is 41.2 Å². The van der Waals surface area contributed by atoms with Gasteiger partial charge in [0.1, 0.15) is 11.4 Å². The van der Waals surface area contributed by atoms with Crippen molar-refractivity contribution in [2.75, 3.05) is 12.3 Å². The van der Waals surface area contributed by atoms with E-state index in [0.717, 1.165) is 27.6 Å². The summed E-state index contributed by atoms with van der Waals surface area (Å²) in [5.41, 5.74) is 10.1. The summed E-state index contributed by atoms with van der Waals surface area (Å²) in [7, 11) is 0. The van der Waals surface area contributed by atoms with Gasteiger partial charge in [-0.3, -0.25) is 4.79 Å². The van der Waals surface area contributed by atoms with Crippen LogP contribution in [0.2, 0.25) is 0 Å². The minimum atomic E-state index is -0.620. The Hall–Kier alpha value is -3.48. The van der Waals surface area contributed by atoms with E-state index in [1.165, 1.54) is 6.07 Å². The largest absolute Gasteiger partial charge is 0.506 e. The Balaban J connectivity index is 1.92. The van der Waals surface area contributed by atoms with Crippen molar-refractivity contribution in [3.05, 3.63) is 69.0 Å². The Kier molecular flexibility index (Phi) is 6.48. The summed E-state index contributed by atoms with van der Waals surface area (Å²) in [6.07, 6.45) is 0.124. The van der Waals surface area contributed by atoms with Crippen LogP contribution in [0.25, 0.3) is 10.9 Å². The molecular weight excluding hydrogens is 406 g/mol. The third-order valence-electron chi connectivity index (χ3n) is 5.33. The Morgan fingerprint density at radius 1 is 1.12 bits per heavy atom. The molecule has 4 N–H and O–H groups in total. The summed E-state index contributed by atoms with van der Waals surface area (Å²) in [4.78, 5) is 29.1. The number of anilines is 1. The number of nitrogens with zero attached hydrogens (tertiary/aromatic N) is 1. The number of carbonyl (C=O) groups is 1. The zero-order chi connectivity index (χ0) is 23.6. The predicted octanol–water partition coefficient (Wildman–Crippen LogP) is 4.41. The number of phenolic OH excluding ortho intramolecular Hbond substituents is 1. The molecule has 170 valence electrons. The van der Waals surface area contributed by atoms with Crippen molar-refractivity contribution in [3.63, 3.8) is 0 Å². The molecule has 0 bridgehead atoms. The fraction of sp³-hybridized carbons (Fsp3) is 0.360. The van der Waals surface area contributed by atoms with Crippen LogP contribution in [0, 0.1) is 13.8 Å². The number of aryl methyl sites for hydroxylation is 2. The lowest BCUT2D eigenvalue weighted by Gasteiger charge is -2.28. The second-order valence-electron chi connectivity index (χ2n) is 9.14. The van der Waals surface area contributed by atoms with Gasteiger partial charge in [-0.15, -0.1) is 0 Å². The van der Waals surface area contributed by atoms with E-state index in [1.807, 2.05) is 52.8 Å². The number of hydrogen-bond acceptors (Lipinski definition) is 5. The van der Waals surface area contributed by atoms with Crippen LogP contribution < -0.4 is 11.3 Å². The van der Waals surface area contributed by atoms with E-state index < -0.39 is 11.7 Å². The number of rotatable bonds is 5.